The standard InChI is InChI=1S/C15H22ClNOS/c1-2-10-17-14-4-3-5-15(14)19(18)11-12-6-8-13(16)9-7-12/h6-9,14-15,17H,2-5,10-11H2,1H3. The number of rotatable bonds is 6. The molecule has 0 amide bonds. The summed E-state index contributed by atoms with van der Waals surface area (Å²) >= 11 is 5.87. The largest absolute Gasteiger partial charge is 0.313 e. The average molecular weight is 300 g/mol. The Morgan fingerprint density at radius 2 is 2.05 bits per heavy atom. The monoisotopic (exact) mass is 299 g/mol. The lowest BCUT2D eigenvalue weighted by molar-refractivity contribution is 0.523. The number of nitrogens with one attached hydrogen (secondary N) is 1. The maximum absolute atomic E-state index is 12.5. The number of benzene rings is 1. The summed E-state index contributed by atoms with van der Waals surface area (Å²) in [4.78, 5) is 0. The van der Waals surface area contributed by atoms with Gasteiger partial charge in [0.1, 0.15) is 0 Å². The van der Waals surface area contributed by atoms with Crippen LogP contribution in [0.2, 0.25) is 5.02 Å². The molecule has 0 aliphatic heterocycles. The molecule has 0 aromatic heterocycles. The van der Waals surface area contributed by atoms with Crippen LogP contribution >= 0.6 is 11.6 Å². The maximum atomic E-state index is 12.5. The van der Waals surface area contributed by atoms with Gasteiger partial charge in [0.05, 0.1) is 5.25 Å². The topological polar surface area (TPSA) is 29.1 Å². The number of hydrogen-bond donors (Lipinski definition) is 1. The van der Waals surface area contributed by atoms with Crippen LogP contribution in [0, 0.1) is 0 Å². The van der Waals surface area contributed by atoms with Gasteiger partial charge in [0.25, 0.3) is 0 Å². The Kier molecular flexibility index (Phi) is 5.86. The molecule has 1 aliphatic rings. The zero-order chi connectivity index (χ0) is 13.7. The third-order valence-electron chi connectivity index (χ3n) is 3.67. The molecule has 106 valence electrons. The van der Waals surface area contributed by atoms with Crippen molar-refractivity contribution in [2.75, 3.05) is 6.54 Å². The fourth-order valence-corrected chi connectivity index (χ4v) is 4.55. The molecule has 1 N–H and O–H groups in total. The van der Waals surface area contributed by atoms with Gasteiger partial charge in [-0.3, -0.25) is 4.21 Å². The summed E-state index contributed by atoms with van der Waals surface area (Å²) < 4.78 is 12.5. The maximum Gasteiger partial charge on any atom is 0.0504 e. The fourth-order valence-electron chi connectivity index (χ4n) is 2.66. The van der Waals surface area contributed by atoms with E-state index in [9.17, 15) is 4.21 Å². The number of hydrogen-bond acceptors (Lipinski definition) is 2. The summed E-state index contributed by atoms with van der Waals surface area (Å²) in [5, 5.41) is 4.58. The van der Waals surface area contributed by atoms with Crippen molar-refractivity contribution in [1.29, 1.82) is 0 Å². The van der Waals surface area contributed by atoms with Crippen molar-refractivity contribution in [2.24, 2.45) is 0 Å². The minimum atomic E-state index is -0.792. The van der Waals surface area contributed by atoms with E-state index < -0.39 is 10.8 Å². The Balaban J connectivity index is 1.93. The zero-order valence-electron chi connectivity index (χ0n) is 11.4. The average Bonchev–Trinajstić information content (AvgIpc) is 2.87. The predicted octanol–water partition coefficient (Wildman–Crippen LogP) is 3.51. The van der Waals surface area contributed by atoms with Crippen LogP contribution in [0.25, 0.3) is 0 Å². The van der Waals surface area contributed by atoms with Gasteiger partial charge in [0.15, 0.2) is 0 Å². The number of halogens is 1. The molecule has 0 bridgehead atoms. The van der Waals surface area contributed by atoms with Crippen LogP contribution in [0.5, 0.6) is 0 Å². The highest BCUT2D eigenvalue weighted by atomic mass is 35.5. The SMILES string of the molecule is CCCNC1CCCC1S(=O)Cc1ccc(Cl)cc1. The van der Waals surface area contributed by atoms with Crippen molar-refractivity contribution in [2.45, 2.75) is 49.7 Å². The van der Waals surface area contributed by atoms with E-state index in [1.807, 2.05) is 24.3 Å². The third kappa shape index (κ3) is 4.30. The van der Waals surface area contributed by atoms with Gasteiger partial charge in [0, 0.05) is 27.6 Å². The van der Waals surface area contributed by atoms with Gasteiger partial charge in [-0.1, -0.05) is 37.1 Å². The van der Waals surface area contributed by atoms with Gasteiger partial charge in [0.2, 0.25) is 0 Å². The van der Waals surface area contributed by atoms with Crippen LogP contribution in [-0.2, 0) is 16.6 Å². The van der Waals surface area contributed by atoms with Gasteiger partial charge in [-0.15, -0.1) is 0 Å². The first-order chi connectivity index (χ1) is 9.20. The van der Waals surface area contributed by atoms with Gasteiger partial charge >= 0.3 is 0 Å². The summed E-state index contributed by atoms with van der Waals surface area (Å²) in [5.41, 5.74) is 1.11. The lowest BCUT2D eigenvalue weighted by Gasteiger charge is -2.20. The molecule has 3 unspecified atom stereocenters. The Bertz CT molecular complexity index is 421. The predicted molar refractivity (Wildman–Crippen MR) is 83.0 cm³/mol. The molecular formula is C15H22ClNOS. The first-order valence-corrected chi connectivity index (χ1v) is 8.81. The van der Waals surface area contributed by atoms with E-state index >= 15 is 0 Å². The van der Waals surface area contributed by atoms with Gasteiger partial charge < -0.3 is 5.32 Å². The Morgan fingerprint density at radius 3 is 2.74 bits per heavy atom. The zero-order valence-corrected chi connectivity index (χ0v) is 13.0. The van der Waals surface area contributed by atoms with Gasteiger partial charge in [-0.05, 0) is 43.5 Å². The second kappa shape index (κ2) is 7.41. The molecule has 1 saturated carbocycles. The quantitative estimate of drug-likeness (QED) is 0.871. The highest BCUT2D eigenvalue weighted by Gasteiger charge is 2.31. The van der Waals surface area contributed by atoms with Crippen molar-refractivity contribution in [3.8, 4) is 0 Å². The van der Waals surface area contributed by atoms with E-state index in [-0.39, 0.29) is 0 Å². The lowest BCUT2D eigenvalue weighted by Crippen LogP contribution is -2.38. The van der Waals surface area contributed by atoms with Crippen LogP contribution in [0.3, 0.4) is 0 Å². The molecule has 1 fully saturated rings. The van der Waals surface area contributed by atoms with Crippen LogP contribution in [0.1, 0.15) is 38.2 Å². The molecule has 0 saturated heterocycles. The molecule has 3 atom stereocenters. The Labute approximate surface area is 123 Å². The van der Waals surface area contributed by atoms with Crippen LogP contribution in [0.15, 0.2) is 24.3 Å². The molecule has 19 heavy (non-hydrogen) atoms. The van der Waals surface area contributed by atoms with E-state index in [1.54, 1.807) is 0 Å². The highest BCUT2D eigenvalue weighted by molar-refractivity contribution is 7.84. The molecule has 1 aromatic carbocycles. The molecule has 2 rings (SSSR count). The van der Waals surface area contributed by atoms with Crippen molar-refractivity contribution in [1.82, 2.24) is 5.32 Å². The first kappa shape index (κ1) is 15.0. The molecule has 1 aliphatic carbocycles. The van der Waals surface area contributed by atoms with Gasteiger partial charge in [-0.25, -0.2) is 0 Å². The lowest BCUT2D eigenvalue weighted by atomic mass is 10.2. The van der Waals surface area contributed by atoms with Crippen molar-refractivity contribution < 1.29 is 4.21 Å². The van der Waals surface area contributed by atoms with Crippen molar-refractivity contribution in [3.05, 3.63) is 34.9 Å². The molecule has 1 aromatic rings. The van der Waals surface area contributed by atoms with Crippen LogP contribution in [-0.4, -0.2) is 22.0 Å². The summed E-state index contributed by atoms with van der Waals surface area (Å²) in [6.07, 6.45) is 4.57. The molecule has 4 heteroatoms. The smallest absolute Gasteiger partial charge is 0.0504 e. The summed E-state index contributed by atoms with van der Waals surface area (Å²) in [6, 6.07) is 8.13. The first-order valence-electron chi connectivity index (χ1n) is 7.05. The highest BCUT2D eigenvalue weighted by Crippen LogP contribution is 2.26. The van der Waals surface area contributed by atoms with E-state index in [0.717, 1.165) is 36.4 Å². The minimum Gasteiger partial charge on any atom is -0.313 e. The summed E-state index contributed by atoms with van der Waals surface area (Å²) in [5.74, 6) is 0.645. The fraction of sp³-hybridized carbons (Fsp3) is 0.600. The van der Waals surface area contributed by atoms with E-state index in [4.69, 9.17) is 11.6 Å². The van der Waals surface area contributed by atoms with Crippen molar-refractivity contribution in [3.63, 3.8) is 0 Å². The molecule has 0 heterocycles. The molecule has 2 nitrogen and oxygen atoms in total. The second-order valence-electron chi connectivity index (χ2n) is 5.18. The van der Waals surface area contributed by atoms with Crippen LogP contribution < -0.4 is 5.32 Å². The normalized spacial score (nSPS) is 24.5. The van der Waals surface area contributed by atoms with Crippen LogP contribution in [0.4, 0.5) is 0 Å². The van der Waals surface area contributed by atoms with E-state index in [0.29, 0.717) is 17.0 Å². The third-order valence-corrected chi connectivity index (χ3v) is 5.78. The van der Waals surface area contributed by atoms with E-state index in [1.165, 1.54) is 6.42 Å². The summed E-state index contributed by atoms with van der Waals surface area (Å²) in [6.45, 7) is 3.20. The minimum absolute atomic E-state index is 0.308. The summed E-state index contributed by atoms with van der Waals surface area (Å²) in [7, 11) is -0.792. The molecular weight excluding hydrogens is 278 g/mol. The van der Waals surface area contributed by atoms with E-state index in [2.05, 4.69) is 12.2 Å². The molecule has 0 spiro atoms. The Morgan fingerprint density at radius 1 is 1.32 bits per heavy atom. The van der Waals surface area contributed by atoms with Gasteiger partial charge in [-0.2, -0.15) is 0 Å². The molecule has 0 radical (unpaired) electrons. The van der Waals surface area contributed by atoms with Crippen molar-refractivity contribution >= 4 is 22.4 Å². The Hall–Kier alpha value is -0.380. The second-order valence-corrected chi connectivity index (χ2v) is 7.27.